The summed E-state index contributed by atoms with van der Waals surface area (Å²) in [5, 5.41) is 4.23. The Morgan fingerprint density at radius 1 is 0.958 bits per heavy atom. The van der Waals surface area contributed by atoms with E-state index in [1.54, 1.807) is 6.07 Å². The molecule has 24 heavy (non-hydrogen) atoms. The SMILES string of the molecule is CC(C)[C@@H](N[C@@H](C)c1nc2ccccc2c(=O)[nH]1)c1ccccc1. The molecule has 0 radical (unpaired) electrons. The van der Waals surface area contributed by atoms with Crippen molar-refractivity contribution in [2.75, 3.05) is 0 Å². The molecular weight excluding hydrogens is 298 g/mol. The Morgan fingerprint density at radius 2 is 1.62 bits per heavy atom. The lowest BCUT2D eigenvalue weighted by molar-refractivity contribution is 0.367. The molecule has 2 atom stereocenters. The molecule has 0 amide bonds. The summed E-state index contributed by atoms with van der Waals surface area (Å²) in [6.45, 7) is 6.41. The summed E-state index contributed by atoms with van der Waals surface area (Å²) in [4.78, 5) is 19.8. The molecule has 1 aromatic heterocycles. The first-order valence-corrected chi connectivity index (χ1v) is 8.36. The van der Waals surface area contributed by atoms with Gasteiger partial charge in [0, 0.05) is 6.04 Å². The molecule has 0 aliphatic rings. The quantitative estimate of drug-likeness (QED) is 0.747. The summed E-state index contributed by atoms with van der Waals surface area (Å²) in [6, 6.07) is 17.9. The Bertz CT molecular complexity index is 871. The number of fused-ring (bicyclic) bond motifs is 1. The molecule has 1 heterocycles. The molecule has 3 rings (SSSR count). The molecule has 0 aliphatic heterocycles. The minimum Gasteiger partial charge on any atom is -0.309 e. The number of aromatic nitrogens is 2. The van der Waals surface area contributed by atoms with Gasteiger partial charge in [0.25, 0.3) is 5.56 Å². The van der Waals surface area contributed by atoms with E-state index in [1.165, 1.54) is 5.56 Å². The highest BCUT2D eigenvalue weighted by Crippen LogP contribution is 2.24. The fraction of sp³-hybridized carbons (Fsp3) is 0.300. The lowest BCUT2D eigenvalue weighted by Crippen LogP contribution is -2.30. The number of para-hydroxylation sites is 1. The van der Waals surface area contributed by atoms with Crippen molar-refractivity contribution in [1.82, 2.24) is 15.3 Å². The smallest absolute Gasteiger partial charge is 0.258 e. The van der Waals surface area contributed by atoms with Crippen LogP contribution in [0.3, 0.4) is 0 Å². The van der Waals surface area contributed by atoms with Crippen LogP contribution >= 0.6 is 0 Å². The van der Waals surface area contributed by atoms with E-state index >= 15 is 0 Å². The van der Waals surface area contributed by atoms with Gasteiger partial charge >= 0.3 is 0 Å². The number of hydrogen-bond acceptors (Lipinski definition) is 3. The number of H-pyrrole nitrogens is 1. The Labute approximate surface area is 142 Å². The van der Waals surface area contributed by atoms with Crippen LogP contribution in [0.4, 0.5) is 0 Å². The van der Waals surface area contributed by atoms with E-state index in [1.807, 2.05) is 43.3 Å². The molecule has 0 saturated heterocycles. The van der Waals surface area contributed by atoms with Crippen molar-refractivity contribution in [2.45, 2.75) is 32.9 Å². The number of rotatable bonds is 5. The predicted molar refractivity (Wildman–Crippen MR) is 97.9 cm³/mol. The van der Waals surface area contributed by atoms with Gasteiger partial charge in [-0.2, -0.15) is 0 Å². The number of nitrogens with one attached hydrogen (secondary N) is 2. The van der Waals surface area contributed by atoms with Gasteiger partial charge in [-0.05, 0) is 30.5 Å². The first-order valence-electron chi connectivity index (χ1n) is 8.36. The van der Waals surface area contributed by atoms with Crippen LogP contribution in [0, 0.1) is 5.92 Å². The molecule has 2 aromatic carbocycles. The number of nitrogens with zero attached hydrogens (tertiary/aromatic N) is 1. The first kappa shape index (κ1) is 16.4. The highest BCUT2D eigenvalue weighted by molar-refractivity contribution is 5.77. The van der Waals surface area contributed by atoms with E-state index in [0.29, 0.717) is 17.1 Å². The molecule has 0 fully saturated rings. The van der Waals surface area contributed by atoms with Crippen LogP contribution in [0.1, 0.15) is 44.2 Å². The van der Waals surface area contributed by atoms with E-state index < -0.39 is 0 Å². The van der Waals surface area contributed by atoms with E-state index in [-0.39, 0.29) is 17.6 Å². The van der Waals surface area contributed by atoms with Crippen molar-refractivity contribution in [2.24, 2.45) is 5.92 Å². The van der Waals surface area contributed by atoms with Crippen molar-refractivity contribution in [3.05, 3.63) is 76.3 Å². The van der Waals surface area contributed by atoms with Gasteiger partial charge in [0.05, 0.1) is 16.9 Å². The van der Waals surface area contributed by atoms with E-state index in [4.69, 9.17) is 0 Å². The van der Waals surface area contributed by atoms with Gasteiger partial charge in [-0.3, -0.25) is 4.79 Å². The van der Waals surface area contributed by atoms with Crippen molar-refractivity contribution in [1.29, 1.82) is 0 Å². The van der Waals surface area contributed by atoms with Gasteiger partial charge in [-0.15, -0.1) is 0 Å². The maximum atomic E-state index is 12.3. The first-order chi connectivity index (χ1) is 11.6. The molecule has 2 N–H and O–H groups in total. The number of benzene rings is 2. The van der Waals surface area contributed by atoms with Gasteiger partial charge in [0.2, 0.25) is 0 Å². The zero-order valence-corrected chi connectivity index (χ0v) is 14.3. The Kier molecular flexibility index (Phi) is 4.76. The summed E-state index contributed by atoms with van der Waals surface area (Å²) in [5.74, 6) is 1.09. The van der Waals surface area contributed by atoms with E-state index in [0.717, 1.165) is 5.52 Å². The van der Waals surface area contributed by atoms with Crippen molar-refractivity contribution < 1.29 is 0 Å². The Balaban J connectivity index is 1.91. The van der Waals surface area contributed by atoms with Crippen LogP contribution in [0.2, 0.25) is 0 Å². The topological polar surface area (TPSA) is 57.8 Å². The van der Waals surface area contributed by atoms with Crippen LogP contribution in [0.5, 0.6) is 0 Å². The van der Waals surface area contributed by atoms with Crippen molar-refractivity contribution in [3.63, 3.8) is 0 Å². The standard InChI is InChI=1S/C20H23N3O/c1-13(2)18(15-9-5-4-6-10-15)21-14(3)19-22-17-12-8-7-11-16(17)20(24)23-19/h4-14,18,21H,1-3H3,(H,22,23,24)/t14-,18+/m0/s1. The van der Waals surface area contributed by atoms with Gasteiger partial charge in [0.1, 0.15) is 5.82 Å². The Hall–Kier alpha value is -2.46. The van der Waals surface area contributed by atoms with Crippen molar-refractivity contribution >= 4 is 10.9 Å². The summed E-state index contributed by atoms with van der Waals surface area (Å²) >= 11 is 0. The lowest BCUT2D eigenvalue weighted by atomic mass is 9.95. The van der Waals surface area contributed by atoms with Gasteiger partial charge < -0.3 is 10.3 Å². The average molecular weight is 321 g/mol. The third-order valence-corrected chi connectivity index (χ3v) is 4.30. The number of aromatic amines is 1. The van der Waals surface area contributed by atoms with Crippen LogP contribution in [0.15, 0.2) is 59.4 Å². The predicted octanol–water partition coefficient (Wildman–Crippen LogP) is 3.97. The van der Waals surface area contributed by atoms with Crippen LogP contribution < -0.4 is 10.9 Å². The largest absolute Gasteiger partial charge is 0.309 e. The highest BCUT2D eigenvalue weighted by atomic mass is 16.1. The fourth-order valence-corrected chi connectivity index (χ4v) is 2.99. The normalized spacial score (nSPS) is 14.0. The number of hydrogen-bond donors (Lipinski definition) is 2. The van der Waals surface area contributed by atoms with Crippen LogP contribution in [0.25, 0.3) is 10.9 Å². The second kappa shape index (κ2) is 6.97. The molecule has 0 aliphatic carbocycles. The summed E-state index contributed by atoms with van der Waals surface area (Å²) in [6.07, 6.45) is 0. The van der Waals surface area contributed by atoms with Crippen LogP contribution in [-0.2, 0) is 0 Å². The highest BCUT2D eigenvalue weighted by Gasteiger charge is 2.20. The molecular formula is C20H23N3O. The molecule has 4 nitrogen and oxygen atoms in total. The summed E-state index contributed by atoms with van der Waals surface area (Å²) in [5.41, 5.74) is 1.87. The second-order valence-electron chi connectivity index (χ2n) is 6.49. The molecule has 0 unspecified atom stereocenters. The van der Waals surface area contributed by atoms with Crippen LogP contribution in [-0.4, -0.2) is 9.97 Å². The molecule has 0 saturated carbocycles. The molecule has 124 valence electrons. The third kappa shape index (κ3) is 3.39. The Morgan fingerprint density at radius 3 is 2.33 bits per heavy atom. The lowest BCUT2D eigenvalue weighted by Gasteiger charge is -2.26. The van der Waals surface area contributed by atoms with Gasteiger partial charge in [-0.1, -0.05) is 56.3 Å². The molecule has 3 aromatic rings. The van der Waals surface area contributed by atoms with Gasteiger partial charge in [0.15, 0.2) is 0 Å². The molecule has 0 bridgehead atoms. The molecule has 0 spiro atoms. The molecule has 4 heteroatoms. The van der Waals surface area contributed by atoms with E-state index in [9.17, 15) is 4.79 Å². The average Bonchev–Trinajstić information content (AvgIpc) is 2.60. The summed E-state index contributed by atoms with van der Waals surface area (Å²) in [7, 11) is 0. The minimum absolute atomic E-state index is 0.0603. The van der Waals surface area contributed by atoms with E-state index in [2.05, 4.69) is 41.3 Å². The fourth-order valence-electron chi connectivity index (χ4n) is 2.99. The third-order valence-electron chi connectivity index (χ3n) is 4.30. The maximum absolute atomic E-state index is 12.3. The van der Waals surface area contributed by atoms with Gasteiger partial charge in [-0.25, -0.2) is 4.98 Å². The van der Waals surface area contributed by atoms with Crippen molar-refractivity contribution in [3.8, 4) is 0 Å². The summed E-state index contributed by atoms with van der Waals surface area (Å²) < 4.78 is 0. The monoisotopic (exact) mass is 321 g/mol. The second-order valence-corrected chi connectivity index (χ2v) is 6.49. The zero-order chi connectivity index (χ0) is 17.1. The maximum Gasteiger partial charge on any atom is 0.258 e. The zero-order valence-electron chi connectivity index (χ0n) is 14.3. The minimum atomic E-state index is -0.0925.